The molecule has 2 amide bonds. The molecule has 7 nitrogen and oxygen atoms in total. The minimum atomic E-state index is -0.227. The highest BCUT2D eigenvalue weighted by Crippen LogP contribution is 2.16. The van der Waals surface area contributed by atoms with E-state index < -0.39 is 0 Å². The van der Waals surface area contributed by atoms with Crippen molar-refractivity contribution in [2.75, 3.05) is 18.4 Å². The first kappa shape index (κ1) is 23.6. The van der Waals surface area contributed by atoms with Crippen LogP contribution in [-0.2, 0) is 17.8 Å². The maximum absolute atomic E-state index is 12.6. The van der Waals surface area contributed by atoms with Crippen LogP contribution in [0.1, 0.15) is 45.7 Å². The van der Waals surface area contributed by atoms with Crippen molar-refractivity contribution < 1.29 is 14.3 Å². The molecule has 0 radical (unpaired) electrons. The van der Waals surface area contributed by atoms with Gasteiger partial charge >= 0.3 is 0 Å². The van der Waals surface area contributed by atoms with E-state index in [1.807, 2.05) is 48.5 Å². The maximum Gasteiger partial charge on any atom is 0.257 e. The lowest BCUT2D eigenvalue weighted by molar-refractivity contribution is -0.0704. The van der Waals surface area contributed by atoms with Gasteiger partial charge in [0.25, 0.3) is 11.8 Å². The van der Waals surface area contributed by atoms with E-state index in [0.717, 1.165) is 25.2 Å². The van der Waals surface area contributed by atoms with Gasteiger partial charge in [0.15, 0.2) is 0 Å². The van der Waals surface area contributed by atoms with Crippen molar-refractivity contribution in [2.24, 2.45) is 0 Å². The SMILES string of the molecule is C[C@@H]1CN(Cc2ccc(C(=O)NCc3cccc(NC(=O)c4cccnc4)c3)cc2)C[C@H](C)O1. The molecule has 4 rings (SSSR count). The Kier molecular flexibility index (Phi) is 7.67. The predicted molar refractivity (Wildman–Crippen MR) is 132 cm³/mol. The summed E-state index contributed by atoms with van der Waals surface area (Å²) >= 11 is 0. The molecule has 2 atom stereocenters. The topological polar surface area (TPSA) is 83.6 Å². The van der Waals surface area contributed by atoms with E-state index in [-0.39, 0.29) is 24.0 Å². The van der Waals surface area contributed by atoms with Crippen LogP contribution in [0.4, 0.5) is 5.69 Å². The highest BCUT2D eigenvalue weighted by atomic mass is 16.5. The Hall–Kier alpha value is -3.55. The predicted octanol–water partition coefficient (Wildman–Crippen LogP) is 3.87. The molecule has 1 aromatic heterocycles. The molecule has 2 aromatic carbocycles. The van der Waals surface area contributed by atoms with Gasteiger partial charge in [0.05, 0.1) is 17.8 Å². The van der Waals surface area contributed by atoms with Gasteiger partial charge in [0.1, 0.15) is 0 Å². The van der Waals surface area contributed by atoms with Crippen molar-refractivity contribution >= 4 is 17.5 Å². The number of hydrogen-bond donors (Lipinski definition) is 2. The third-order valence-corrected chi connectivity index (χ3v) is 5.68. The van der Waals surface area contributed by atoms with Gasteiger partial charge in [-0.15, -0.1) is 0 Å². The summed E-state index contributed by atoms with van der Waals surface area (Å²) < 4.78 is 5.80. The van der Waals surface area contributed by atoms with Crippen LogP contribution in [0.5, 0.6) is 0 Å². The Morgan fingerprint density at radius 3 is 2.41 bits per heavy atom. The lowest BCUT2D eigenvalue weighted by atomic mass is 10.1. The molecule has 3 aromatic rings. The molecule has 0 saturated carbocycles. The number of anilines is 1. The summed E-state index contributed by atoms with van der Waals surface area (Å²) in [4.78, 5) is 31.3. The molecular weight excluding hydrogens is 428 g/mol. The largest absolute Gasteiger partial charge is 0.373 e. The molecule has 0 aliphatic carbocycles. The summed E-state index contributed by atoms with van der Waals surface area (Å²) in [6.45, 7) is 7.22. The normalized spacial score (nSPS) is 18.3. The monoisotopic (exact) mass is 458 g/mol. The molecule has 7 heteroatoms. The lowest BCUT2D eigenvalue weighted by Gasteiger charge is -2.35. The average Bonchev–Trinajstić information content (AvgIpc) is 2.83. The van der Waals surface area contributed by atoms with Crippen molar-refractivity contribution in [3.05, 3.63) is 95.3 Å². The van der Waals surface area contributed by atoms with E-state index >= 15 is 0 Å². The number of benzene rings is 2. The smallest absolute Gasteiger partial charge is 0.257 e. The van der Waals surface area contributed by atoms with E-state index in [1.54, 1.807) is 18.3 Å². The van der Waals surface area contributed by atoms with Crippen molar-refractivity contribution in [3.63, 3.8) is 0 Å². The number of nitrogens with one attached hydrogen (secondary N) is 2. The third-order valence-electron chi connectivity index (χ3n) is 5.68. The molecule has 2 N–H and O–H groups in total. The second kappa shape index (κ2) is 11.0. The minimum absolute atomic E-state index is 0.134. The van der Waals surface area contributed by atoms with E-state index in [0.29, 0.717) is 23.4 Å². The van der Waals surface area contributed by atoms with Crippen LogP contribution < -0.4 is 10.6 Å². The summed E-state index contributed by atoms with van der Waals surface area (Å²) in [6, 6.07) is 18.6. The van der Waals surface area contributed by atoms with Crippen LogP contribution in [0.25, 0.3) is 0 Å². The first-order chi connectivity index (χ1) is 16.5. The number of amides is 2. The Morgan fingerprint density at radius 1 is 0.941 bits per heavy atom. The molecular formula is C27H30N4O3. The molecule has 0 bridgehead atoms. The fourth-order valence-electron chi connectivity index (χ4n) is 4.18. The molecule has 0 spiro atoms. The Balaban J connectivity index is 1.29. The zero-order valence-electron chi connectivity index (χ0n) is 19.5. The zero-order chi connectivity index (χ0) is 23.9. The number of hydrogen-bond acceptors (Lipinski definition) is 5. The van der Waals surface area contributed by atoms with Crippen LogP contribution in [-0.4, -0.2) is 47.0 Å². The fraction of sp³-hybridized carbons (Fsp3) is 0.296. The number of morpholine rings is 1. The molecule has 2 heterocycles. The van der Waals surface area contributed by atoms with E-state index in [9.17, 15) is 9.59 Å². The molecule has 1 aliphatic heterocycles. The lowest BCUT2D eigenvalue weighted by Crippen LogP contribution is -2.44. The van der Waals surface area contributed by atoms with Crippen molar-refractivity contribution in [2.45, 2.75) is 39.1 Å². The highest BCUT2D eigenvalue weighted by Gasteiger charge is 2.22. The van der Waals surface area contributed by atoms with Crippen molar-refractivity contribution in [1.82, 2.24) is 15.2 Å². The summed E-state index contributed by atoms with van der Waals surface area (Å²) in [5.74, 6) is -0.361. The van der Waals surface area contributed by atoms with Gasteiger partial charge in [0.2, 0.25) is 0 Å². The third kappa shape index (κ3) is 6.50. The van der Waals surface area contributed by atoms with Crippen LogP contribution >= 0.6 is 0 Å². The van der Waals surface area contributed by atoms with Crippen LogP contribution in [0.3, 0.4) is 0 Å². The first-order valence-electron chi connectivity index (χ1n) is 11.5. The number of pyridine rings is 1. The van der Waals surface area contributed by atoms with Crippen LogP contribution in [0.15, 0.2) is 73.1 Å². The minimum Gasteiger partial charge on any atom is -0.373 e. The number of rotatable bonds is 7. The zero-order valence-corrected chi connectivity index (χ0v) is 19.5. The Morgan fingerprint density at radius 2 is 1.71 bits per heavy atom. The number of nitrogens with zero attached hydrogens (tertiary/aromatic N) is 2. The summed E-state index contributed by atoms with van der Waals surface area (Å²) in [7, 11) is 0. The summed E-state index contributed by atoms with van der Waals surface area (Å²) in [6.07, 6.45) is 3.61. The van der Waals surface area contributed by atoms with Gasteiger partial charge in [-0.25, -0.2) is 0 Å². The van der Waals surface area contributed by atoms with Crippen LogP contribution in [0.2, 0.25) is 0 Å². The van der Waals surface area contributed by atoms with Gasteiger partial charge in [-0.2, -0.15) is 0 Å². The van der Waals surface area contributed by atoms with Gasteiger partial charge in [0, 0.05) is 49.8 Å². The number of aromatic nitrogens is 1. The molecule has 1 fully saturated rings. The summed E-state index contributed by atoms with van der Waals surface area (Å²) in [5.41, 5.74) is 3.84. The van der Waals surface area contributed by atoms with Crippen molar-refractivity contribution in [3.8, 4) is 0 Å². The van der Waals surface area contributed by atoms with Gasteiger partial charge in [-0.3, -0.25) is 19.5 Å². The summed E-state index contributed by atoms with van der Waals surface area (Å²) in [5, 5.41) is 5.81. The molecule has 176 valence electrons. The standard InChI is InChI=1S/C27H30N4O3/c1-19-16-31(17-20(2)34-19)18-21-8-10-23(11-9-21)26(32)29-14-22-5-3-7-25(13-22)30-27(33)24-6-4-12-28-15-24/h3-13,15,19-20H,14,16-18H2,1-2H3,(H,29,32)(H,30,33)/t19-,20+. The average molecular weight is 459 g/mol. The Labute approximate surface area is 200 Å². The van der Waals surface area contributed by atoms with Gasteiger partial charge in [-0.05, 0) is 61.4 Å². The van der Waals surface area contributed by atoms with E-state index in [2.05, 4.69) is 34.4 Å². The molecule has 0 unspecified atom stereocenters. The molecule has 1 saturated heterocycles. The number of ether oxygens (including phenoxy) is 1. The van der Waals surface area contributed by atoms with Gasteiger partial charge < -0.3 is 15.4 Å². The second-order valence-electron chi connectivity index (χ2n) is 8.73. The molecule has 1 aliphatic rings. The van der Waals surface area contributed by atoms with Crippen LogP contribution in [0, 0.1) is 0 Å². The molecule has 34 heavy (non-hydrogen) atoms. The number of carbonyl (C=O) groups is 2. The maximum atomic E-state index is 12.6. The van der Waals surface area contributed by atoms with Crippen molar-refractivity contribution in [1.29, 1.82) is 0 Å². The highest BCUT2D eigenvalue weighted by molar-refractivity contribution is 6.04. The number of carbonyl (C=O) groups excluding carboxylic acids is 2. The van der Waals surface area contributed by atoms with E-state index in [4.69, 9.17) is 4.74 Å². The van der Waals surface area contributed by atoms with Gasteiger partial charge in [-0.1, -0.05) is 24.3 Å². The second-order valence-corrected chi connectivity index (χ2v) is 8.73. The first-order valence-corrected chi connectivity index (χ1v) is 11.5. The fourth-order valence-corrected chi connectivity index (χ4v) is 4.18. The Bertz CT molecular complexity index is 1110. The quantitative estimate of drug-likeness (QED) is 0.562. The van der Waals surface area contributed by atoms with E-state index in [1.165, 1.54) is 11.8 Å².